The molecule has 0 amide bonds. The van der Waals surface area contributed by atoms with Crippen LogP contribution < -0.4 is 0 Å². The van der Waals surface area contributed by atoms with Gasteiger partial charge in [-0.2, -0.15) is 0 Å². The van der Waals surface area contributed by atoms with Gasteiger partial charge >= 0.3 is 0 Å². The molecule has 16 heavy (non-hydrogen) atoms. The number of hydrogen-bond acceptors (Lipinski definition) is 4. The Morgan fingerprint density at radius 3 is 2.75 bits per heavy atom. The first-order valence-electron chi connectivity index (χ1n) is 5.25. The smallest absolute Gasteiger partial charge is 0.202 e. The molecule has 0 aliphatic carbocycles. The summed E-state index contributed by atoms with van der Waals surface area (Å²) in [5.74, 6) is 0.533. The number of aliphatic hydroxyl groups excluding tert-OH is 2. The van der Waals surface area contributed by atoms with Crippen LogP contribution in [0.25, 0.3) is 0 Å². The fourth-order valence-corrected chi connectivity index (χ4v) is 1.56. The molecule has 1 fully saturated rings. The van der Waals surface area contributed by atoms with Crippen molar-refractivity contribution in [2.24, 2.45) is 0 Å². The largest absolute Gasteiger partial charge is 0.465 e. The molecule has 2 N–H and O–H groups in total. The molecule has 4 heteroatoms. The molecule has 0 radical (unpaired) electrons. The predicted octanol–water partition coefficient (Wildman–Crippen LogP) is 1.12. The molecule has 0 bridgehead atoms. The van der Waals surface area contributed by atoms with Crippen molar-refractivity contribution in [3.05, 3.63) is 37.1 Å². The summed E-state index contributed by atoms with van der Waals surface area (Å²) in [4.78, 5) is 0. The van der Waals surface area contributed by atoms with Crippen LogP contribution in [0.1, 0.15) is 12.8 Å². The molecular weight excluding hydrogens is 208 g/mol. The third kappa shape index (κ3) is 3.81. The molecule has 0 aromatic carbocycles. The Labute approximate surface area is 95.5 Å². The molecular formula is C12H18O4. The van der Waals surface area contributed by atoms with E-state index in [2.05, 4.69) is 13.2 Å². The normalized spacial score (nSPS) is 30.9. The topological polar surface area (TPSA) is 58.9 Å². The Morgan fingerprint density at radius 2 is 2.19 bits per heavy atom. The van der Waals surface area contributed by atoms with Gasteiger partial charge in [0.2, 0.25) is 6.29 Å². The van der Waals surface area contributed by atoms with Gasteiger partial charge < -0.3 is 19.7 Å². The average Bonchev–Trinajstić information content (AvgIpc) is 2.27. The summed E-state index contributed by atoms with van der Waals surface area (Å²) in [5.41, 5.74) is 0. The second-order valence-corrected chi connectivity index (χ2v) is 3.62. The Balaban J connectivity index is 2.55. The Hall–Kier alpha value is -1.10. The van der Waals surface area contributed by atoms with Gasteiger partial charge in [-0.1, -0.05) is 19.2 Å². The van der Waals surface area contributed by atoms with Crippen molar-refractivity contribution in [3.63, 3.8) is 0 Å². The van der Waals surface area contributed by atoms with Crippen LogP contribution in [0, 0.1) is 0 Å². The van der Waals surface area contributed by atoms with E-state index in [-0.39, 0.29) is 12.7 Å². The van der Waals surface area contributed by atoms with E-state index in [4.69, 9.17) is 14.6 Å². The molecule has 1 rings (SSSR count). The average molecular weight is 226 g/mol. The molecule has 1 heterocycles. The molecule has 90 valence electrons. The maximum absolute atomic E-state index is 9.56. The lowest BCUT2D eigenvalue weighted by atomic mass is 10.1. The van der Waals surface area contributed by atoms with Crippen molar-refractivity contribution in [3.8, 4) is 0 Å². The minimum absolute atomic E-state index is 0.120. The molecule has 3 unspecified atom stereocenters. The van der Waals surface area contributed by atoms with Crippen molar-refractivity contribution in [1.29, 1.82) is 0 Å². The van der Waals surface area contributed by atoms with E-state index in [1.165, 1.54) is 0 Å². The number of hydrogen-bond donors (Lipinski definition) is 2. The zero-order valence-electron chi connectivity index (χ0n) is 9.21. The van der Waals surface area contributed by atoms with Crippen molar-refractivity contribution in [2.75, 3.05) is 6.61 Å². The van der Waals surface area contributed by atoms with Crippen molar-refractivity contribution in [2.45, 2.75) is 31.3 Å². The van der Waals surface area contributed by atoms with E-state index in [0.29, 0.717) is 18.6 Å². The van der Waals surface area contributed by atoms with Crippen LogP contribution in [0.5, 0.6) is 0 Å². The fourth-order valence-electron chi connectivity index (χ4n) is 1.56. The summed E-state index contributed by atoms with van der Waals surface area (Å²) in [7, 11) is 0. The number of rotatable bonds is 5. The summed E-state index contributed by atoms with van der Waals surface area (Å²) in [5, 5.41) is 18.5. The lowest BCUT2D eigenvalue weighted by molar-refractivity contribution is -0.204. The number of aliphatic hydroxyl groups is 2. The van der Waals surface area contributed by atoms with E-state index >= 15 is 0 Å². The molecule has 0 spiro atoms. The first-order chi connectivity index (χ1) is 7.69. The lowest BCUT2D eigenvalue weighted by Gasteiger charge is -2.32. The van der Waals surface area contributed by atoms with E-state index in [1.54, 1.807) is 18.2 Å². The van der Waals surface area contributed by atoms with Crippen LogP contribution in [0.4, 0.5) is 0 Å². The SMILES string of the molecule is C=C/C=C(\C=C)OC1CC(O)CC(CO)O1. The van der Waals surface area contributed by atoms with Crippen LogP contribution in [0.3, 0.4) is 0 Å². The molecule has 1 saturated heterocycles. The molecule has 1 aliphatic heterocycles. The standard InChI is InChI=1S/C12H18O4/c1-3-5-10(4-2)15-12-7-9(14)6-11(8-13)16-12/h3-5,9,11-14H,1-2,6-8H2/b10-5+. The Bertz CT molecular complexity index is 272. The van der Waals surface area contributed by atoms with Crippen LogP contribution in [-0.2, 0) is 9.47 Å². The van der Waals surface area contributed by atoms with Gasteiger partial charge in [0, 0.05) is 12.8 Å². The quantitative estimate of drug-likeness (QED) is 0.545. The number of allylic oxidation sites excluding steroid dienone is 3. The van der Waals surface area contributed by atoms with Gasteiger partial charge in [-0.15, -0.1) is 0 Å². The van der Waals surface area contributed by atoms with Crippen LogP contribution in [0.2, 0.25) is 0 Å². The summed E-state index contributed by atoms with van der Waals surface area (Å²) >= 11 is 0. The summed E-state index contributed by atoms with van der Waals surface area (Å²) < 4.78 is 10.9. The minimum Gasteiger partial charge on any atom is -0.465 e. The summed E-state index contributed by atoms with van der Waals surface area (Å²) in [6.45, 7) is 7.03. The van der Waals surface area contributed by atoms with Gasteiger partial charge in [-0.3, -0.25) is 0 Å². The molecule has 0 saturated carbocycles. The maximum atomic E-state index is 9.56. The van der Waals surface area contributed by atoms with Crippen molar-refractivity contribution in [1.82, 2.24) is 0 Å². The van der Waals surface area contributed by atoms with E-state index in [1.807, 2.05) is 0 Å². The zero-order chi connectivity index (χ0) is 12.0. The summed E-state index contributed by atoms with van der Waals surface area (Å²) in [6.07, 6.45) is 4.17. The first-order valence-corrected chi connectivity index (χ1v) is 5.25. The van der Waals surface area contributed by atoms with Gasteiger partial charge in [-0.05, 0) is 12.2 Å². The first kappa shape index (κ1) is 13.0. The van der Waals surface area contributed by atoms with Gasteiger partial charge in [0.15, 0.2) is 0 Å². The third-order valence-corrected chi connectivity index (χ3v) is 2.30. The highest BCUT2D eigenvalue weighted by Crippen LogP contribution is 2.22. The van der Waals surface area contributed by atoms with Crippen LogP contribution in [0.15, 0.2) is 37.1 Å². The van der Waals surface area contributed by atoms with Gasteiger partial charge in [0.05, 0.1) is 18.8 Å². The maximum Gasteiger partial charge on any atom is 0.202 e. The fraction of sp³-hybridized carbons (Fsp3) is 0.500. The Morgan fingerprint density at radius 1 is 1.44 bits per heavy atom. The molecule has 0 aromatic rings. The molecule has 0 aromatic heterocycles. The highest BCUT2D eigenvalue weighted by Gasteiger charge is 2.29. The van der Waals surface area contributed by atoms with E-state index in [9.17, 15) is 5.11 Å². The van der Waals surface area contributed by atoms with Gasteiger partial charge in [0.25, 0.3) is 0 Å². The van der Waals surface area contributed by atoms with Gasteiger partial charge in [0.1, 0.15) is 5.76 Å². The highest BCUT2D eigenvalue weighted by molar-refractivity contribution is 5.14. The van der Waals surface area contributed by atoms with Crippen molar-refractivity contribution < 1.29 is 19.7 Å². The van der Waals surface area contributed by atoms with Gasteiger partial charge in [-0.25, -0.2) is 0 Å². The molecule has 1 aliphatic rings. The second kappa shape index (κ2) is 6.48. The van der Waals surface area contributed by atoms with Crippen molar-refractivity contribution >= 4 is 0 Å². The monoisotopic (exact) mass is 226 g/mol. The molecule has 4 nitrogen and oxygen atoms in total. The van der Waals surface area contributed by atoms with Crippen LogP contribution >= 0.6 is 0 Å². The van der Waals surface area contributed by atoms with Crippen LogP contribution in [-0.4, -0.2) is 35.3 Å². The number of ether oxygens (including phenoxy) is 2. The zero-order valence-corrected chi connectivity index (χ0v) is 9.21. The van der Waals surface area contributed by atoms with E-state index < -0.39 is 12.4 Å². The summed E-state index contributed by atoms with van der Waals surface area (Å²) in [6, 6.07) is 0. The van der Waals surface area contributed by atoms with E-state index in [0.717, 1.165) is 0 Å². The lowest BCUT2D eigenvalue weighted by Crippen LogP contribution is -2.38. The third-order valence-electron chi connectivity index (χ3n) is 2.30. The Kier molecular flexibility index (Phi) is 5.25. The predicted molar refractivity (Wildman–Crippen MR) is 60.5 cm³/mol. The second-order valence-electron chi connectivity index (χ2n) is 3.62. The minimum atomic E-state index is -0.551. The highest BCUT2D eigenvalue weighted by atomic mass is 16.7. The molecule has 3 atom stereocenters.